The van der Waals surface area contributed by atoms with Crippen molar-refractivity contribution < 1.29 is 9.53 Å². The first kappa shape index (κ1) is 22.7. The predicted molar refractivity (Wildman–Crippen MR) is 117 cm³/mol. The third-order valence-corrected chi connectivity index (χ3v) is 4.31. The van der Waals surface area contributed by atoms with Crippen molar-refractivity contribution in [3.05, 3.63) is 29.8 Å². The number of anilines is 1. The number of halogens is 1. The Bertz CT molecular complexity index is 597. The van der Waals surface area contributed by atoms with Crippen molar-refractivity contribution in [3.8, 4) is 0 Å². The highest BCUT2D eigenvalue weighted by atomic mass is 127. The number of carbonyl (C=O) groups excluding carboxylic acids is 1. The van der Waals surface area contributed by atoms with Crippen LogP contribution in [0.3, 0.4) is 0 Å². The van der Waals surface area contributed by atoms with Gasteiger partial charge in [0.1, 0.15) is 0 Å². The first-order valence-electron chi connectivity index (χ1n) is 8.64. The second kappa shape index (κ2) is 12.1. The topological polar surface area (TPSA) is 78.0 Å². The molecule has 0 aromatic heterocycles. The largest absolute Gasteiger partial charge is 0.383 e. The fraction of sp³-hybridized carbons (Fsp3) is 0.556. The van der Waals surface area contributed by atoms with Crippen molar-refractivity contribution in [2.75, 3.05) is 59.3 Å². The van der Waals surface area contributed by atoms with Gasteiger partial charge in [0, 0.05) is 58.4 Å². The smallest absolute Gasteiger partial charge is 0.225 e. The lowest BCUT2D eigenvalue weighted by atomic mass is 9.90. The monoisotopic (exact) mass is 475 g/mol. The zero-order valence-corrected chi connectivity index (χ0v) is 18.1. The molecule has 1 heterocycles. The van der Waals surface area contributed by atoms with E-state index < -0.39 is 0 Å². The lowest BCUT2D eigenvalue weighted by molar-refractivity contribution is -0.116. The van der Waals surface area contributed by atoms with Crippen LogP contribution in [0.5, 0.6) is 0 Å². The third-order valence-electron chi connectivity index (χ3n) is 4.31. The number of fused-ring (bicyclic) bond motifs is 1. The van der Waals surface area contributed by atoms with E-state index >= 15 is 0 Å². The maximum absolute atomic E-state index is 11.9. The minimum absolute atomic E-state index is 0. The van der Waals surface area contributed by atoms with Crippen LogP contribution < -0.4 is 16.0 Å². The number of ether oxygens (including phenoxy) is 1. The number of methoxy groups -OCH3 is 1. The second-order valence-electron chi connectivity index (χ2n) is 6.21. The van der Waals surface area contributed by atoms with Crippen molar-refractivity contribution in [1.82, 2.24) is 15.5 Å². The molecule has 1 aromatic rings. The Morgan fingerprint density at radius 2 is 2.12 bits per heavy atom. The van der Waals surface area contributed by atoms with Crippen LogP contribution in [0.1, 0.15) is 17.9 Å². The van der Waals surface area contributed by atoms with Crippen LogP contribution in [0, 0.1) is 0 Å². The van der Waals surface area contributed by atoms with Crippen LogP contribution >= 0.6 is 24.0 Å². The van der Waals surface area contributed by atoms with E-state index in [1.807, 2.05) is 18.2 Å². The predicted octanol–water partition coefficient (Wildman–Crippen LogP) is 1.47. The Kier molecular flexibility index (Phi) is 10.5. The molecule has 146 valence electrons. The molecule has 0 fully saturated rings. The summed E-state index contributed by atoms with van der Waals surface area (Å²) in [5.74, 6) is 0.963. The Morgan fingerprint density at radius 1 is 1.35 bits per heavy atom. The summed E-state index contributed by atoms with van der Waals surface area (Å²) >= 11 is 0. The van der Waals surface area contributed by atoms with E-state index in [1.54, 1.807) is 14.2 Å². The molecule has 0 saturated heterocycles. The molecule has 8 heteroatoms. The molecule has 3 N–H and O–H groups in total. The van der Waals surface area contributed by atoms with Gasteiger partial charge >= 0.3 is 0 Å². The molecule has 1 unspecified atom stereocenters. The zero-order valence-electron chi connectivity index (χ0n) is 15.7. The van der Waals surface area contributed by atoms with Gasteiger partial charge in [-0.3, -0.25) is 9.79 Å². The summed E-state index contributed by atoms with van der Waals surface area (Å²) < 4.78 is 5.07. The quantitative estimate of drug-likeness (QED) is 0.302. The van der Waals surface area contributed by atoms with Gasteiger partial charge in [-0.1, -0.05) is 18.2 Å². The van der Waals surface area contributed by atoms with Gasteiger partial charge in [0.2, 0.25) is 5.91 Å². The number of aliphatic imine (C=N–C) groups is 1. The van der Waals surface area contributed by atoms with Crippen LogP contribution in [-0.4, -0.2) is 70.8 Å². The molecule has 1 amide bonds. The van der Waals surface area contributed by atoms with Gasteiger partial charge in [0.25, 0.3) is 0 Å². The number of rotatable bonds is 8. The lowest BCUT2D eigenvalue weighted by Gasteiger charge is -2.26. The minimum Gasteiger partial charge on any atom is -0.383 e. The standard InChI is InChI=1S/C18H29N5O2.HI/c1-19-18(20-8-9-23(2)10-11-25-3)21-13-14-12-17(24)22-16-7-5-4-6-15(14)16;/h4-7,14H,8-13H2,1-3H3,(H,22,24)(H2,19,20,21);1H. The Labute approximate surface area is 173 Å². The van der Waals surface area contributed by atoms with Gasteiger partial charge < -0.3 is 25.6 Å². The number of nitrogens with one attached hydrogen (secondary N) is 3. The Hall–Kier alpha value is -1.39. The SMILES string of the molecule is CN=C(NCCN(C)CCOC)NCC1CC(=O)Nc2ccccc21.I. The number of carbonyl (C=O) groups is 1. The van der Waals surface area contributed by atoms with E-state index in [1.165, 1.54) is 5.56 Å². The molecule has 1 atom stereocenters. The highest BCUT2D eigenvalue weighted by molar-refractivity contribution is 14.0. The van der Waals surface area contributed by atoms with E-state index in [0.29, 0.717) is 13.0 Å². The molecule has 0 aliphatic carbocycles. The number of hydrogen-bond acceptors (Lipinski definition) is 4. The summed E-state index contributed by atoms with van der Waals surface area (Å²) in [6.45, 7) is 3.99. The number of amides is 1. The summed E-state index contributed by atoms with van der Waals surface area (Å²) in [5, 5.41) is 9.57. The van der Waals surface area contributed by atoms with Crippen LogP contribution in [0.4, 0.5) is 5.69 Å². The number of para-hydroxylation sites is 1. The Morgan fingerprint density at radius 3 is 2.85 bits per heavy atom. The van der Waals surface area contributed by atoms with Crippen LogP contribution in [0.15, 0.2) is 29.3 Å². The molecule has 1 aromatic carbocycles. The summed E-state index contributed by atoms with van der Waals surface area (Å²) in [7, 11) is 5.53. The normalized spacial score (nSPS) is 16.5. The summed E-state index contributed by atoms with van der Waals surface area (Å²) in [4.78, 5) is 18.3. The van der Waals surface area contributed by atoms with Gasteiger partial charge in [-0.25, -0.2) is 0 Å². The van der Waals surface area contributed by atoms with Crippen molar-refractivity contribution in [2.45, 2.75) is 12.3 Å². The highest BCUT2D eigenvalue weighted by Crippen LogP contribution is 2.31. The molecule has 0 bridgehead atoms. The van der Waals surface area contributed by atoms with E-state index in [9.17, 15) is 4.79 Å². The first-order chi connectivity index (χ1) is 12.1. The summed E-state index contributed by atoms with van der Waals surface area (Å²) in [5.41, 5.74) is 2.08. The number of guanidine groups is 1. The highest BCUT2D eigenvalue weighted by Gasteiger charge is 2.24. The number of benzene rings is 1. The van der Waals surface area contributed by atoms with Crippen LogP contribution in [0.25, 0.3) is 0 Å². The first-order valence-corrected chi connectivity index (χ1v) is 8.64. The van der Waals surface area contributed by atoms with Crippen molar-refractivity contribution in [2.24, 2.45) is 4.99 Å². The van der Waals surface area contributed by atoms with E-state index in [4.69, 9.17) is 4.74 Å². The molecule has 0 spiro atoms. The fourth-order valence-electron chi connectivity index (χ4n) is 2.85. The van der Waals surface area contributed by atoms with Gasteiger partial charge in [0.05, 0.1) is 6.61 Å². The second-order valence-corrected chi connectivity index (χ2v) is 6.21. The average molecular weight is 475 g/mol. The maximum Gasteiger partial charge on any atom is 0.225 e. The molecule has 26 heavy (non-hydrogen) atoms. The molecular weight excluding hydrogens is 445 g/mol. The molecule has 0 radical (unpaired) electrons. The summed E-state index contributed by atoms with van der Waals surface area (Å²) in [6, 6.07) is 7.96. The minimum atomic E-state index is 0. The van der Waals surface area contributed by atoms with Gasteiger partial charge in [-0.2, -0.15) is 0 Å². The summed E-state index contributed by atoms with van der Waals surface area (Å²) in [6.07, 6.45) is 0.487. The molecule has 2 rings (SSSR count). The van der Waals surface area contributed by atoms with Gasteiger partial charge in [0.15, 0.2) is 5.96 Å². The molecule has 7 nitrogen and oxygen atoms in total. The van der Waals surface area contributed by atoms with Crippen molar-refractivity contribution in [1.29, 1.82) is 0 Å². The molecular formula is C18H30IN5O2. The lowest BCUT2D eigenvalue weighted by Crippen LogP contribution is -2.43. The molecule has 1 aliphatic rings. The average Bonchev–Trinajstić information content (AvgIpc) is 2.62. The fourth-order valence-corrected chi connectivity index (χ4v) is 2.85. The van der Waals surface area contributed by atoms with Crippen molar-refractivity contribution in [3.63, 3.8) is 0 Å². The van der Waals surface area contributed by atoms with Gasteiger partial charge in [-0.15, -0.1) is 24.0 Å². The van der Waals surface area contributed by atoms with Crippen molar-refractivity contribution >= 4 is 41.5 Å². The van der Waals surface area contributed by atoms with Crippen LogP contribution in [-0.2, 0) is 9.53 Å². The third kappa shape index (κ3) is 7.08. The zero-order chi connectivity index (χ0) is 18.1. The van der Waals surface area contributed by atoms with Crippen LogP contribution in [0.2, 0.25) is 0 Å². The number of hydrogen-bond donors (Lipinski definition) is 3. The van der Waals surface area contributed by atoms with E-state index in [0.717, 1.165) is 37.9 Å². The number of nitrogens with zero attached hydrogens (tertiary/aromatic N) is 2. The Balaban J connectivity index is 0.00000338. The maximum atomic E-state index is 11.9. The molecule has 0 saturated carbocycles. The molecule has 1 aliphatic heterocycles. The van der Waals surface area contributed by atoms with E-state index in [-0.39, 0.29) is 35.8 Å². The van der Waals surface area contributed by atoms with E-state index in [2.05, 4.69) is 39.0 Å². The van der Waals surface area contributed by atoms with Gasteiger partial charge in [-0.05, 0) is 18.7 Å². The number of likely N-dealkylation sites (N-methyl/N-ethyl adjacent to an activating group) is 1.